The van der Waals surface area contributed by atoms with E-state index in [1.807, 2.05) is 17.4 Å². The summed E-state index contributed by atoms with van der Waals surface area (Å²) in [5.74, 6) is 0. The SMILES string of the molecule is c1ccc(-c2cccc3c2oc2ccc(-c4ccc(N(c5ccc(-c6ccc7c(c6)c6ccccc6n7-c6ccccc6)cc5)c5ccc6sc7ccccc7c6c5)cc4)cc23)cc1. The fraction of sp³-hybridized carbons (Fsp3) is 0. The molecule has 0 aliphatic heterocycles. The normalized spacial score (nSPS) is 11.8. The van der Waals surface area contributed by atoms with Gasteiger partial charge in [0.2, 0.25) is 0 Å². The first-order chi connectivity index (χ1) is 31.7. The summed E-state index contributed by atoms with van der Waals surface area (Å²) >= 11 is 1.85. The number of thiophene rings is 1. The second-order valence-corrected chi connectivity index (χ2v) is 17.6. The first-order valence-electron chi connectivity index (χ1n) is 21.7. The van der Waals surface area contributed by atoms with E-state index in [-0.39, 0.29) is 0 Å². The van der Waals surface area contributed by atoms with Crippen molar-refractivity contribution in [2.24, 2.45) is 0 Å². The monoisotopic (exact) mass is 834 g/mol. The molecule has 0 spiro atoms. The molecule has 0 saturated heterocycles. The number of benzene rings is 10. The van der Waals surface area contributed by atoms with Crippen molar-refractivity contribution >= 4 is 92.3 Å². The van der Waals surface area contributed by atoms with E-state index in [9.17, 15) is 0 Å². The second-order valence-electron chi connectivity index (χ2n) is 16.5. The number of aromatic nitrogens is 1. The quantitative estimate of drug-likeness (QED) is 0.159. The Balaban J connectivity index is 0.892. The fourth-order valence-corrected chi connectivity index (χ4v) is 10.8. The second kappa shape index (κ2) is 14.7. The number of furan rings is 1. The minimum Gasteiger partial charge on any atom is -0.455 e. The Labute approximate surface area is 373 Å². The molecule has 0 radical (unpaired) electrons. The molecular formula is C60H38N2OS. The molecule has 0 saturated carbocycles. The third-order valence-corrected chi connectivity index (χ3v) is 14.0. The molecule has 0 fully saturated rings. The predicted molar refractivity (Wildman–Crippen MR) is 272 cm³/mol. The lowest BCUT2D eigenvalue weighted by molar-refractivity contribution is 0.670. The maximum Gasteiger partial charge on any atom is 0.143 e. The van der Waals surface area contributed by atoms with Gasteiger partial charge in [0.05, 0.1) is 11.0 Å². The van der Waals surface area contributed by atoms with Crippen LogP contribution in [0.15, 0.2) is 235 Å². The van der Waals surface area contributed by atoms with Crippen molar-refractivity contribution in [3.8, 4) is 39.1 Å². The van der Waals surface area contributed by atoms with Crippen LogP contribution in [0.1, 0.15) is 0 Å². The van der Waals surface area contributed by atoms with Crippen LogP contribution in [0.5, 0.6) is 0 Å². The van der Waals surface area contributed by atoms with Gasteiger partial charge in [0.1, 0.15) is 11.2 Å². The lowest BCUT2D eigenvalue weighted by atomic mass is 10.00. The van der Waals surface area contributed by atoms with Gasteiger partial charge in [-0.05, 0) is 119 Å². The first kappa shape index (κ1) is 36.5. The van der Waals surface area contributed by atoms with Crippen LogP contribution >= 0.6 is 11.3 Å². The topological polar surface area (TPSA) is 21.3 Å². The molecule has 13 aromatic rings. The van der Waals surface area contributed by atoms with E-state index in [4.69, 9.17) is 4.42 Å². The molecule has 0 aliphatic carbocycles. The molecule has 300 valence electrons. The number of para-hydroxylation sites is 3. The highest BCUT2D eigenvalue weighted by Crippen LogP contribution is 2.43. The van der Waals surface area contributed by atoms with Gasteiger partial charge in [-0.25, -0.2) is 0 Å². The Morgan fingerprint density at radius 2 is 0.922 bits per heavy atom. The van der Waals surface area contributed by atoms with Crippen molar-refractivity contribution in [2.75, 3.05) is 4.90 Å². The van der Waals surface area contributed by atoms with Gasteiger partial charge in [-0.15, -0.1) is 11.3 Å². The zero-order valence-corrected chi connectivity index (χ0v) is 35.5. The Bertz CT molecular complexity index is 3880. The summed E-state index contributed by atoms with van der Waals surface area (Å²) in [4.78, 5) is 2.38. The standard InChI is InChI=1S/C60H38N2OS/c1-3-12-41(13-4-1)48-18-11-19-51-53-37-43(27-34-57(53)63-60(48)51)40-24-30-46(31-25-40)61(47-32-35-59-54(38-47)50-17-8-10-21-58(50)64-59)45-28-22-39(23-29-45)42-26-33-56-52(36-42)49-16-7-9-20-55(49)62(56)44-14-5-2-6-15-44/h1-38H. The summed E-state index contributed by atoms with van der Waals surface area (Å²) in [6.07, 6.45) is 0. The lowest BCUT2D eigenvalue weighted by Gasteiger charge is -2.26. The van der Waals surface area contributed by atoms with E-state index < -0.39 is 0 Å². The van der Waals surface area contributed by atoms with Crippen molar-refractivity contribution in [3.05, 3.63) is 231 Å². The van der Waals surface area contributed by atoms with Gasteiger partial charge in [0, 0.05) is 70.0 Å². The van der Waals surface area contributed by atoms with Crippen LogP contribution in [0, 0.1) is 0 Å². The molecule has 3 aromatic heterocycles. The van der Waals surface area contributed by atoms with Crippen LogP contribution < -0.4 is 4.90 Å². The number of hydrogen-bond acceptors (Lipinski definition) is 3. The van der Waals surface area contributed by atoms with Gasteiger partial charge in [-0.2, -0.15) is 0 Å². The molecule has 3 heterocycles. The van der Waals surface area contributed by atoms with E-state index >= 15 is 0 Å². The number of fused-ring (bicyclic) bond motifs is 9. The largest absolute Gasteiger partial charge is 0.455 e. The molecule has 0 bridgehead atoms. The Kier molecular flexibility index (Phi) is 8.40. The van der Waals surface area contributed by atoms with Crippen molar-refractivity contribution in [1.82, 2.24) is 4.57 Å². The van der Waals surface area contributed by atoms with E-state index in [0.717, 1.165) is 66.9 Å². The summed E-state index contributed by atoms with van der Waals surface area (Å²) in [6, 6.07) is 83.4. The molecular weight excluding hydrogens is 797 g/mol. The molecule has 13 rings (SSSR count). The van der Waals surface area contributed by atoms with E-state index in [2.05, 4.69) is 234 Å². The smallest absolute Gasteiger partial charge is 0.143 e. The minimum atomic E-state index is 0.892. The molecule has 10 aromatic carbocycles. The number of hydrogen-bond donors (Lipinski definition) is 0. The summed E-state index contributed by atoms with van der Waals surface area (Å²) in [6.45, 7) is 0. The molecule has 0 N–H and O–H groups in total. The van der Waals surface area contributed by atoms with Crippen LogP contribution in [0.4, 0.5) is 17.1 Å². The Morgan fingerprint density at radius 3 is 1.69 bits per heavy atom. The summed E-state index contributed by atoms with van der Waals surface area (Å²) < 4.78 is 11.5. The van der Waals surface area contributed by atoms with Gasteiger partial charge < -0.3 is 13.9 Å². The zero-order chi connectivity index (χ0) is 42.1. The molecule has 3 nitrogen and oxygen atoms in total. The highest BCUT2D eigenvalue weighted by Gasteiger charge is 2.18. The average molecular weight is 835 g/mol. The summed E-state index contributed by atoms with van der Waals surface area (Å²) in [7, 11) is 0. The number of anilines is 3. The third-order valence-electron chi connectivity index (χ3n) is 12.8. The van der Waals surface area contributed by atoms with E-state index in [1.165, 1.54) is 53.1 Å². The van der Waals surface area contributed by atoms with Crippen LogP contribution in [0.2, 0.25) is 0 Å². The van der Waals surface area contributed by atoms with Gasteiger partial charge in [-0.1, -0.05) is 140 Å². The van der Waals surface area contributed by atoms with E-state index in [1.54, 1.807) is 0 Å². The van der Waals surface area contributed by atoms with E-state index in [0.29, 0.717) is 0 Å². The van der Waals surface area contributed by atoms with Crippen molar-refractivity contribution in [1.29, 1.82) is 0 Å². The van der Waals surface area contributed by atoms with Crippen molar-refractivity contribution in [2.45, 2.75) is 0 Å². The maximum absolute atomic E-state index is 6.51. The van der Waals surface area contributed by atoms with Gasteiger partial charge >= 0.3 is 0 Å². The van der Waals surface area contributed by atoms with Gasteiger partial charge in [0.15, 0.2) is 0 Å². The van der Waals surface area contributed by atoms with Gasteiger partial charge in [0.25, 0.3) is 0 Å². The first-order valence-corrected chi connectivity index (χ1v) is 22.6. The molecule has 64 heavy (non-hydrogen) atoms. The fourth-order valence-electron chi connectivity index (χ4n) is 9.74. The third kappa shape index (κ3) is 5.95. The zero-order valence-electron chi connectivity index (χ0n) is 34.7. The molecule has 4 heteroatoms. The van der Waals surface area contributed by atoms with Crippen LogP contribution in [0.3, 0.4) is 0 Å². The highest BCUT2D eigenvalue weighted by atomic mass is 32.1. The van der Waals surface area contributed by atoms with Crippen LogP contribution in [-0.2, 0) is 0 Å². The molecule has 0 unspecified atom stereocenters. The highest BCUT2D eigenvalue weighted by molar-refractivity contribution is 7.25. The lowest BCUT2D eigenvalue weighted by Crippen LogP contribution is -2.09. The van der Waals surface area contributed by atoms with Gasteiger partial charge in [-0.3, -0.25) is 0 Å². The summed E-state index contributed by atoms with van der Waals surface area (Å²) in [5.41, 5.74) is 15.6. The van der Waals surface area contributed by atoms with Crippen molar-refractivity contribution < 1.29 is 4.42 Å². The molecule has 0 atom stereocenters. The Hall–Kier alpha value is -8.18. The van der Waals surface area contributed by atoms with Crippen LogP contribution in [0.25, 0.3) is 103 Å². The minimum absolute atomic E-state index is 0.892. The maximum atomic E-state index is 6.51. The molecule has 0 aliphatic rings. The number of rotatable bonds is 7. The Morgan fingerprint density at radius 1 is 0.344 bits per heavy atom. The summed E-state index contributed by atoms with van der Waals surface area (Å²) in [5, 5.41) is 7.30. The predicted octanol–water partition coefficient (Wildman–Crippen LogP) is 17.5. The number of nitrogens with zero attached hydrogens (tertiary/aromatic N) is 2. The van der Waals surface area contributed by atoms with Crippen LogP contribution in [-0.4, -0.2) is 4.57 Å². The molecule has 0 amide bonds. The average Bonchev–Trinajstić information content (AvgIpc) is 4.04. The van der Waals surface area contributed by atoms with Crippen molar-refractivity contribution in [3.63, 3.8) is 0 Å².